The van der Waals surface area contributed by atoms with Crippen LogP contribution in [0.15, 0.2) is 42.5 Å². The maximum absolute atomic E-state index is 2.25. The topological polar surface area (TPSA) is 0 Å². The Hall–Kier alpha value is -0.586. The Morgan fingerprint density at radius 1 is 1.06 bits per heavy atom. The summed E-state index contributed by atoms with van der Waals surface area (Å²) in [5.41, 5.74) is 2.83. The van der Waals surface area contributed by atoms with Crippen molar-refractivity contribution in [2.75, 3.05) is 0 Å². The second-order valence-corrected chi connectivity index (χ2v) is 4.13. The zero-order valence-electron chi connectivity index (χ0n) is 9.35. The Morgan fingerprint density at radius 2 is 1.88 bits per heavy atom. The molecule has 0 saturated carbocycles. The van der Waals surface area contributed by atoms with Crippen LogP contribution in [0.1, 0.15) is 24.0 Å². The molecule has 2 aromatic carbocycles. The monoisotopic (exact) mass is 282 g/mol. The third kappa shape index (κ3) is 1.85. The quantitative estimate of drug-likeness (QED) is 0.636. The Labute approximate surface area is 122 Å². The number of hydrogen-bond acceptors (Lipinski definition) is 0. The molecule has 16 heavy (non-hydrogen) atoms. The minimum atomic E-state index is 0. The van der Waals surface area contributed by atoms with E-state index in [-0.39, 0.29) is 32.7 Å². The molecule has 0 saturated heterocycles. The van der Waals surface area contributed by atoms with Gasteiger partial charge in [0, 0.05) is 32.7 Å². The van der Waals surface area contributed by atoms with E-state index in [1.54, 1.807) is 0 Å². The van der Waals surface area contributed by atoms with Gasteiger partial charge in [-0.25, -0.2) is 18.6 Å². The van der Waals surface area contributed by atoms with Crippen LogP contribution in [0.4, 0.5) is 0 Å². The molecular weight excluding hydrogens is 269 g/mol. The fourth-order valence-corrected chi connectivity index (χ4v) is 2.32. The van der Waals surface area contributed by atoms with Crippen molar-refractivity contribution in [1.29, 1.82) is 0 Å². The van der Waals surface area contributed by atoms with Gasteiger partial charge >= 0.3 is 0 Å². The van der Waals surface area contributed by atoms with E-state index in [1.807, 2.05) is 0 Å². The largest absolute Gasteiger partial charge is 0.227 e. The predicted octanol–water partition coefficient (Wildman–Crippen LogP) is 4.17. The molecular formula is C15H13Y-. The third-order valence-electron chi connectivity index (χ3n) is 3.16. The van der Waals surface area contributed by atoms with Crippen LogP contribution in [0.5, 0.6) is 0 Å². The average Bonchev–Trinajstić information content (AvgIpc) is 2.29. The minimum absolute atomic E-state index is 0. The smallest absolute Gasteiger partial charge is 0 e. The molecule has 2 aromatic rings. The summed E-state index contributed by atoms with van der Waals surface area (Å²) in [6.07, 6.45) is 6.63. The number of hydrogen-bond donors (Lipinski definition) is 0. The van der Waals surface area contributed by atoms with Crippen molar-refractivity contribution in [3.63, 3.8) is 0 Å². The fraction of sp³-hybridized carbons (Fsp3) is 0.133. The number of fused-ring (bicyclic) bond motifs is 3. The molecule has 0 aliphatic heterocycles. The van der Waals surface area contributed by atoms with E-state index in [1.165, 1.54) is 21.9 Å². The molecule has 0 spiro atoms. The van der Waals surface area contributed by atoms with Crippen LogP contribution in [-0.4, -0.2) is 0 Å². The molecule has 1 atom stereocenters. The van der Waals surface area contributed by atoms with Crippen molar-refractivity contribution in [2.24, 2.45) is 0 Å². The van der Waals surface area contributed by atoms with Crippen molar-refractivity contribution in [2.45, 2.75) is 12.8 Å². The first-order valence-electron chi connectivity index (χ1n) is 5.39. The Kier molecular flexibility index (Phi) is 3.51. The molecule has 1 heteroatoms. The van der Waals surface area contributed by atoms with Gasteiger partial charge in [0.1, 0.15) is 0 Å². The van der Waals surface area contributed by atoms with Crippen molar-refractivity contribution in [3.8, 4) is 0 Å². The van der Waals surface area contributed by atoms with Gasteiger partial charge in [-0.1, -0.05) is 60.4 Å². The van der Waals surface area contributed by atoms with Crippen molar-refractivity contribution < 1.29 is 32.7 Å². The van der Waals surface area contributed by atoms with E-state index < -0.39 is 0 Å². The summed E-state index contributed by atoms with van der Waals surface area (Å²) in [5.74, 6) is 0.537. The summed E-state index contributed by atoms with van der Waals surface area (Å²) in [6, 6.07) is 13.1. The molecule has 1 aliphatic rings. The molecule has 77 valence electrons. The normalized spacial score (nSPS) is 17.4. The zero-order chi connectivity index (χ0) is 10.3. The molecule has 0 bridgehead atoms. The van der Waals surface area contributed by atoms with E-state index in [0.29, 0.717) is 5.92 Å². The van der Waals surface area contributed by atoms with E-state index in [4.69, 9.17) is 0 Å². The number of benzene rings is 2. The van der Waals surface area contributed by atoms with Gasteiger partial charge in [0.15, 0.2) is 0 Å². The minimum Gasteiger partial charge on any atom is -0.227 e. The first kappa shape index (κ1) is 11.9. The van der Waals surface area contributed by atoms with E-state index in [0.717, 1.165) is 0 Å². The molecule has 0 aromatic heterocycles. The van der Waals surface area contributed by atoms with Gasteiger partial charge in [-0.2, -0.15) is 0 Å². The maximum Gasteiger partial charge on any atom is 0 e. The van der Waals surface area contributed by atoms with Crippen LogP contribution in [0.2, 0.25) is 0 Å². The molecule has 1 radical (unpaired) electrons. The van der Waals surface area contributed by atoms with Crippen LogP contribution >= 0.6 is 0 Å². The van der Waals surface area contributed by atoms with Crippen LogP contribution in [0, 0.1) is 6.42 Å². The van der Waals surface area contributed by atoms with E-state index in [9.17, 15) is 0 Å². The summed E-state index contributed by atoms with van der Waals surface area (Å²) in [7, 11) is 0. The molecule has 0 nitrogen and oxygen atoms in total. The first-order valence-corrected chi connectivity index (χ1v) is 5.39. The second-order valence-electron chi connectivity index (χ2n) is 4.13. The molecule has 0 N–H and O–H groups in total. The van der Waals surface area contributed by atoms with Gasteiger partial charge < -0.3 is 0 Å². The summed E-state index contributed by atoms with van der Waals surface area (Å²) >= 11 is 0. The summed E-state index contributed by atoms with van der Waals surface area (Å²) < 4.78 is 0. The first-order chi connectivity index (χ1) is 7.36. The molecule has 0 heterocycles. The van der Waals surface area contributed by atoms with Crippen molar-refractivity contribution in [3.05, 3.63) is 60.0 Å². The van der Waals surface area contributed by atoms with Gasteiger partial charge in [-0.05, 0) is 10.8 Å². The molecule has 0 fully saturated rings. The Morgan fingerprint density at radius 3 is 2.75 bits per heavy atom. The van der Waals surface area contributed by atoms with E-state index in [2.05, 4.69) is 61.9 Å². The predicted molar refractivity (Wildman–Crippen MR) is 65.7 cm³/mol. The third-order valence-corrected chi connectivity index (χ3v) is 3.16. The summed E-state index contributed by atoms with van der Waals surface area (Å²) in [5, 5.41) is 2.70. The van der Waals surface area contributed by atoms with E-state index >= 15 is 0 Å². The Bertz CT molecular complexity index is 540. The maximum atomic E-state index is 2.25. The second kappa shape index (κ2) is 4.73. The van der Waals surface area contributed by atoms with Gasteiger partial charge in [0.2, 0.25) is 0 Å². The van der Waals surface area contributed by atoms with Gasteiger partial charge in [-0.15, -0.1) is 0 Å². The average molecular weight is 282 g/mol. The Balaban J connectivity index is 0.000000963. The van der Waals surface area contributed by atoms with Gasteiger partial charge in [0.05, 0.1) is 0 Å². The van der Waals surface area contributed by atoms with Gasteiger partial charge in [-0.3, -0.25) is 0 Å². The number of rotatable bonds is 0. The SMILES string of the molecule is CC1[CH-]C=Cc2c1ccc1ccccc21.[Y]. The van der Waals surface area contributed by atoms with Crippen LogP contribution in [0.25, 0.3) is 16.8 Å². The van der Waals surface area contributed by atoms with Crippen LogP contribution < -0.4 is 0 Å². The van der Waals surface area contributed by atoms with Gasteiger partial charge in [0.25, 0.3) is 0 Å². The molecule has 3 rings (SSSR count). The number of allylic oxidation sites excluding steroid dienone is 1. The summed E-state index contributed by atoms with van der Waals surface area (Å²) in [6.45, 7) is 2.25. The zero-order valence-corrected chi connectivity index (χ0v) is 12.2. The van der Waals surface area contributed by atoms with Crippen molar-refractivity contribution >= 4 is 16.8 Å². The molecule has 1 aliphatic carbocycles. The summed E-state index contributed by atoms with van der Waals surface area (Å²) in [4.78, 5) is 0. The molecule has 0 amide bonds. The standard InChI is InChI=1S/C15H13.Y/c1-11-5-4-8-15-13(11)10-9-12-6-2-3-7-14(12)15;/h2-11H,1H3;/q-1;. The van der Waals surface area contributed by atoms with Crippen molar-refractivity contribution in [1.82, 2.24) is 0 Å². The molecule has 1 unspecified atom stereocenters. The van der Waals surface area contributed by atoms with Crippen LogP contribution in [0.3, 0.4) is 0 Å². The van der Waals surface area contributed by atoms with Crippen LogP contribution in [-0.2, 0) is 32.7 Å². The fourth-order valence-electron chi connectivity index (χ4n) is 2.32.